The molecule has 1 amide bonds. The second kappa shape index (κ2) is 6.32. The standard InChI is InChI=1S/C16H17ClN4O/c17-11-5-3-4-10(8-11)13-9-19-15(18)14(21-13)16(22)20-12-6-1-2-7-12/h3-5,8-9,12H,1-2,6-7H2,(H2,18,19)(H,20,22). The average Bonchev–Trinajstić information content (AvgIpc) is 3.00. The van der Waals surface area contributed by atoms with Crippen LogP contribution < -0.4 is 11.1 Å². The molecule has 2 aromatic rings. The fraction of sp³-hybridized carbons (Fsp3) is 0.312. The minimum Gasteiger partial charge on any atom is -0.382 e. The molecule has 1 aromatic heterocycles. The molecule has 0 unspecified atom stereocenters. The van der Waals surface area contributed by atoms with Crippen LogP contribution in [-0.2, 0) is 0 Å². The maximum atomic E-state index is 12.4. The van der Waals surface area contributed by atoms with Gasteiger partial charge in [-0.1, -0.05) is 36.6 Å². The smallest absolute Gasteiger partial charge is 0.273 e. The fourth-order valence-corrected chi connectivity index (χ4v) is 2.87. The molecule has 0 aliphatic heterocycles. The van der Waals surface area contributed by atoms with Crippen LogP contribution in [0.3, 0.4) is 0 Å². The third-order valence-electron chi connectivity index (χ3n) is 3.83. The summed E-state index contributed by atoms with van der Waals surface area (Å²) in [6.07, 6.45) is 5.86. The van der Waals surface area contributed by atoms with E-state index in [0.29, 0.717) is 10.7 Å². The monoisotopic (exact) mass is 316 g/mol. The number of nitrogens with zero attached hydrogens (tertiary/aromatic N) is 2. The highest BCUT2D eigenvalue weighted by Crippen LogP contribution is 2.22. The van der Waals surface area contributed by atoms with Crippen LogP contribution in [0.15, 0.2) is 30.5 Å². The molecule has 1 aliphatic carbocycles. The van der Waals surface area contributed by atoms with Crippen molar-refractivity contribution in [3.8, 4) is 11.3 Å². The lowest BCUT2D eigenvalue weighted by atomic mass is 10.1. The predicted molar refractivity (Wildman–Crippen MR) is 86.6 cm³/mol. The molecular formula is C16H17ClN4O. The molecule has 0 radical (unpaired) electrons. The molecular weight excluding hydrogens is 300 g/mol. The molecule has 3 N–H and O–H groups in total. The minimum atomic E-state index is -0.263. The van der Waals surface area contributed by atoms with Crippen LogP contribution in [0.25, 0.3) is 11.3 Å². The zero-order valence-electron chi connectivity index (χ0n) is 12.1. The number of amides is 1. The van der Waals surface area contributed by atoms with Crippen LogP contribution in [0.5, 0.6) is 0 Å². The van der Waals surface area contributed by atoms with Gasteiger partial charge in [0.15, 0.2) is 11.5 Å². The van der Waals surface area contributed by atoms with Crippen molar-refractivity contribution in [2.45, 2.75) is 31.7 Å². The second-order valence-corrected chi connectivity index (χ2v) is 5.89. The molecule has 1 aliphatic rings. The van der Waals surface area contributed by atoms with Gasteiger partial charge in [-0.3, -0.25) is 4.79 Å². The van der Waals surface area contributed by atoms with E-state index in [-0.39, 0.29) is 23.5 Å². The molecule has 5 nitrogen and oxygen atoms in total. The molecule has 22 heavy (non-hydrogen) atoms. The zero-order chi connectivity index (χ0) is 15.5. The normalized spacial score (nSPS) is 15.0. The summed E-state index contributed by atoms with van der Waals surface area (Å²) in [5.41, 5.74) is 7.36. The van der Waals surface area contributed by atoms with Gasteiger partial charge in [-0.15, -0.1) is 0 Å². The number of carbonyl (C=O) groups is 1. The number of nitrogens with one attached hydrogen (secondary N) is 1. The van der Waals surface area contributed by atoms with Gasteiger partial charge in [0.05, 0.1) is 11.9 Å². The van der Waals surface area contributed by atoms with Crippen LogP contribution in [-0.4, -0.2) is 21.9 Å². The van der Waals surface area contributed by atoms with Crippen molar-refractivity contribution >= 4 is 23.3 Å². The van der Waals surface area contributed by atoms with E-state index in [9.17, 15) is 4.79 Å². The van der Waals surface area contributed by atoms with Crippen LogP contribution in [0.2, 0.25) is 5.02 Å². The number of carbonyl (C=O) groups excluding carboxylic acids is 1. The Morgan fingerprint density at radius 3 is 2.82 bits per heavy atom. The summed E-state index contributed by atoms with van der Waals surface area (Å²) >= 11 is 5.99. The van der Waals surface area contributed by atoms with Gasteiger partial charge >= 0.3 is 0 Å². The van der Waals surface area contributed by atoms with Crippen molar-refractivity contribution in [3.63, 3.8) is 0 Å². The van der Waals surface area contributed by atoms with Gasteiger partial charge < -0.3 is 11.1 Å². The van der Waals surface area contributed by atoms with Crippen molar-refractivity contribution in [3.05, 3.63) is 41.2 Å². The van der Waals surface area contributed by atoms with Crippen molar-refractivity contribution in [2.75, 3.05) is 5.73 Å². The first-order valence-corrected chi connectivity index (χ1v) is 7.70. The van der Waals surface area contributed by atoms with Crippen LogP contribution in [0.1, 0.15) is 36.2 Å². The molecule has 1 saturated carbocycles. The fourth-order valence-electron chi connectivity index (χ4n) is 2.68. The molecule has 0 bridgehead atoms. The van der Waals surface area contributed by atoms with E-state index in [4.69, 9.17) is 17.3 Å². The number of benzene rings is 1. The van der Waals surface area contributed by atoms with E-state index >= 15 is 0 Å². The predicted octanol–water partition coefficient (Wildman–Crippen LogP) is 3.05. The van der Waals surface area contributed by atoms with Gasteiger partial charge in [-0.25, -0.2) is 9.97 Å². The van der Waals surface area contributed by atoms with Crippen molar-refractivity contribution in [1.29, 1.82) is 0 Å². The number of hydrogen-bond donors (Lipinski definition) is 2. The Kier molecular flexibility index (Phi) is 4.24. The van der Waals surface area contributed by atoms with Crippen LogP contribution in [0, 0.1) is 0 Å². The number of rotatable bonds is 3. The maximum absolute atomic E-state index is 12.4. The van der Waals surface area contributed by atoms with Crippen molar-refractivity contribution < 1.29 is 4.79 Å². The molecule has 1 heterocycles. The van der Waals surface area contributed by atoms with Gasteiger partial charge in [0.25, 0.3) is 5.91 Å². The Morgan fingerprint density at radius 1 is 1.32 bits per heavy atom. The van der Waals surface area contributed by atoms with Gasteiger partial charge in [0, 0.05) is 16.6 Å². The molecule has 3 rings (SSSR count). The Hall–Kier alpha value is -2.14. The number of nitrogens with two attached hydrogens (primary N) is 1. The number of nitrogen functional groups attached to an aromatic ring is 1. The van der Waals surface area contributed by atoms with Gasteiger partial charge in [-0.05, 0) is 25.0 Å². The van der Waals surface area contributed by atoms with Crippen LogP contribution >= 0.6 is 11.6 Å². The average molecular weight is 317 g/mol. The highest BCUT2D eigenvalue weighted by atomic mass is 35.5. The van der Waals surface area contributed by atoms with E-state index < -0.39 is 0 Å². The van der Waals surface area contributed by atoms with E-state index in [1.165, 1.54) is 0 Å². The first-order valence-electron chi connectivity index (χ1n) is 7.33. The third-order valence-corrected chi connectivity index (χ3v) is 4.06. The summed E-state index contributed by atoms with van der Waals surface area (Å²) in [7, 11) is 0. The zero-order valence-corrected chi connectivity index (χ0v) is 12.8. The largest absolute Gasteiger partial charge is 0.382 e. The lowest BCUT2D eigenvalue weighted by molar-refractivity contribution is 0.0933. The van der Waals surface area contributed by atoms with Gasteiger partial charge in [0.2, 0.25) is 0 Å². The van der Waals surface area contributed by atoms with E-state index in [0.717, 1.165) is 31.2 Å². The lowest BCUT2D eigenvalue weighted by Gasteiger charge is -2.13. The number of anilines is 1. The molecule has 1 fully saturated rings. The number of halogens is 1. The topological polar surface area (TPSA) is 80.9 Å². The van der Waals surface area contributed by atoms with E-state index in [1.807, 2.05) is 12.1 Å². The third kappa shape index (κ3) is 3.20. The summed E-state index contributed by atoms with van der Waals surface area (Å²) in [5, 5.41) is 3.58. The molecule has 114 valence electrons. The first-order chi connectivity index (χ1) is 10.6. The molecule has 6 heteroatoms. The summed E-state index contributed by atoms with van der Waals surface area (Å²) in [4.78, 5) is 20.8. The van der Waals surface area contributed by atoms with E-state index in [2.05, 4.69) is 15.3 Å². The van der Waals surface area contributed by atoms with Crippen molar-refractivity contribution in [2.24, 2.45) is 0 Å². The lowest BCUT2D eigenvalue weighted by Crippen LogP contribution is -2.33. The van der Waals surface area contributed by atoms with Crippen LogP contribution in [0.4, 0.5) is 5.82 Å². The Balaban J connectivity index is 1.87. The Morgan fingerprint density at radius 2 is 2.09 bits per heavy atom. The number of aromatic nitrogens is 2. The quantitative estimate of drug-likeness (QED) is 0.912. The molecule has 1 aromatic carbocycles. The summed E-state index contributed by atoms with van der Waals surface area (Å²) < 4.78 is 0. The number of hydrogen-bond acceptors (Lipinski definition) is 4. The molecule has 0 saturated heterocycles. The SMILES string of the molecule is Nc1ncc(-c2cccc(Cl)c2)nc1C(=O)NC1CCCC1. The minimum absolute atomic E-state index is 0.140. The highest BCUT2D eigenvalue weighted by molar-refractivity contribution is 6.30. The highest BCUT2D eigenvalue weighted by Gasteiger charge is 2.21. The van der Waals surface area contributed by atoms with E-state index in [1.54, 1.807) is 18.3 Å². The first kappa shape index (κ1) is 14.8. The van der Waals surface area contributed by atoms with Gasteiger partial charge in [0.1, 0.15) is 0 Å². The molecule has 0 spiro atoms. The maximum Gasteiger partial charge on any atom is 0.273 e. The molecule has 0 atom stereocenters. The van der Waals surface area contributed by atoms with Crippen molar-refractivity contribution in [1.82, 2.24) is 15.3 Å². The summed E-state index contributed by atoms with van der Waals surface area (Å²) in [6, 6.07) is 7.46. The second-order valence-electron chi connectivity index (χ2n) is 5.45. The summed E-state index contributed by atoms with van der Waals surface area (Å²) in [6.45, 7) is 0. The van der Waals surface area contributed by atoms with Gasteiger partial charge in [-0.2, -0.15) is 0 Å². The summed E-state index contributed by atoms with van der Waals surface area (Å²) in [5.74, 6) is -0.123. The Bertz CT molecular complexity index is 698. The Labute approximate surface area is 133 Å².